The van der Waals surface area contributed by atoms with E-state index in [1.807, 2.05) is 19.1 Å². The van der Waals surface area contributed by atoms with Crippen molar-refractivity contribution in [2.75, 3.05) is 21.3 Å². The van der Waals surface area contributed by atoms with Gasteiger partial charge >= 0.3 is 0 Å². The summed E-state index contributed by atoms with van der Waals surface area (Å²) >= 11 is 5.90. The molecule has 200 valence electrons. The Morgan fingerprint density at radius 2 is 1.61 bits per heavy atom. The SMILES string of the molecule is COc1cccc(OC)c1-n1c(CS(=O)(=O)[C@H](C)[C@H](OC)c2ncc(Cl)cn2)nnc1-c1cccc(C)n1. The number of nitrogens with zero attached hydrogens (tertiary/aromatic N) is 6. The smallest absolute Gasteiger partial charge is 0.187 e. The number of aryl methyl sites for hydroxylation is 1. The Morgan fingerprint density at radius 1 is 0.974 bits per heavy atom. The summed E-state index contributed by atoms with van der Waals surface area (Å²) in [6.45, 7) is 3.39. The molecule has 0 unspecified atom stereocenters. The van der Waals surface area contributed by atoms with Crippen molar-refractivity contribution in [3.63, 3.8) is 0 Å². The van der Waals surface area contributed by atoms with Gasteiger partial charge in [-0.3, -0.25) is 4.57 Å². The Hall–Kier alpha value is -3.61. The highest BCUT2D eigenvalue weighted by Gasteiger charge is 2.35. The number of ether oxygens (including phenoxy) is 3. The monoisotopic (exact) mass is 558 g/mol. The molecule has 3 aromatic heterocycles. The van der Waals surface area contributed by atoms with Crippen LogP contribution in [-0.4, -0.2) is 64.7 Å². The van der Waals surface area contributed by atoms with Crippen molar-refractivity contribution in [3.05, 3.63) is 71.2 Å². The molecule has 0 aliphatic carbocycles. The minimum atomic E-state index is -3.89. The van der Waals surface area contributed by atoms with Crippen LogP contribution in [0.1, 0.15) is 30.4 Å². The van der Waals surface area contributed by atoms with E-state index in [-0.39, 0.29) is 11.6 Å². The van der Waals surface area contributed by atoms with Gasteiger partial charge in [-0.1, -0.05) is 23.7 Å². The number of pyridine rings is 1. The number of methoxy groups -OCH3 is 3. The fourth-order valence-electron chi connectivity index (χ4n) is 4.01. The van der Waals surface area contributed by atoms with Crippen LogP contribution in [0.25, 0.3) is 17.2 Å². The molecule has 0 aliphatic heterocycles. The average molecular weight is 559 g/mol. The predicted octanol–water partition coefficient (Wildman–Crippen LogP) is 3.79. The number of aromatic nitrogens is 6. The van der Waals surface area contributed by atoms with Crippen molar-refractivity contribution in [2.45, 2.75) is 31.0 Å². The zero-order chi connectivity index (χ0) is 27.4. The summed E-state index contributed by atoms with van der Waals surface area (Å²) in [5, 5.41) is 7.92. The number of hydrogen-bond acceptors (Lipinski definition) is 10. The van der Waals surface area contributed by atoms with Crippen LogP contribution in [0.4, 0.5) is 0 Å². The summed E-state index contributed by atoms with van der Waals surface area (Å²) in [5.41, 5.74) is 1.72. The molecule has 4 rings (SSSR count). The van der Waals surface area contributed by atoms with Gasteiger partial charge in [0, 0.05) is 25.2 Å². The maximum Gasteiger partial charge on any atom is 0.187 e. The predicted molar refractivity (Wildman–Crippen MR) is 141 cm³/mol. The molecule has 0 radical (unpaired) electrons. The second kappa shape index (κ2) is 11.4. The molecule has 0 saturated carbocycles. The Labute approximate surface area is 225 Å². The van der Waals surface area contributed by atoms with Crippen LogP contribution in [0.3, 0.4) is 0 Å². The van der Waals surface area contributed by atoms with Crippen molar-refractivity contribution >= 4 is 21.4 Å². The zero-order valence-corrected chi connectivity index (χ0v) is 23.1. The molecule has 0 fully saturated rings. The summed E-state index contributed by atoms with van der Waals surface area (Å²) in [6.07, 6.45) is 1.84. The molecule has 13 heteroatoms. The highest BCUT2D eigenvalue weighted by Crippen LogP contribution is 2.37. The molecule has 0 amide bonds. The van der Waals surface area contributed by atoms with Crippen LogP contribution < -0.4 is 9.47 Å². The summed E-state index contributed by atoms with van der Waals surface area (Å²) < 4.78 is 45.7. The van der Waals surface area contributed by atoms with E-state index in [0.717, 1.165) is 5.69 Å². The number of benzene rings is 1. The van der Waals surface area contributed by atoms with Gasteiger partial charge in [0.2, 0.25) is 0 Å². The van der Waals surface area contributed by atoms with E-state index in [4.69, 9.17) is 25.8 Å². The van der Waals surface area contributed by atoms with Gasteiger partial charge < -0.3 is 14.2 Å². The first kappa shape index (κ1) is 27.4. The van der Waals surface area contributed by atoms with Crippen LogP contribution >= 0.6 is 11.6 Å². The van der Waals surface area contributed by atoms with Crippen LogP contribution in [0.5, 0.6) is 11.5 Å². The van der Waals surface area contributed by atoms with Gasteiger partial charge in [-0.2, -0.15) is 0 Å². The highest BCUT2D eigenvalue weighted by molar-refractivity contribution is 7.91. The third-order valence-electron chi connectivity index (χ3n) is 5.94. The van der Waals surface area contributed by atoms with Gasteiger partial charge in [-0.15, -0.1) is 10.2 Å². The zero-order valence-electron chi connectivity index (χ0n) is 21.5. The number of rotatable bonds is 10. The van der Waals surface area contributed by atoms with Gasteiger partial charge in [0.05, 0.1) is 24.5 Å². The number of hydrogen-bond donors (Lipinski definition) is 0. The maximum absolute atomic E-state index is 13.7. The largest absolute Gasteiger partial charge is 0.494 e. The molecule has 11 nitrogen and oxygen atoms in total. The molecular formula is C25H27ClN6O5S. The molecule has 0 saturated heterocycles. The van der Waals surface area contributed by atoms with E-state index in [9.17, 15) is 8.42 Å². The maximum atomic E-state index is 13.7. The van der Waals surface area contributed by atoms with E-state index in [2.05, 4.69) is 25.1 Å². The summed E-state index contributed by atoms with van der Waals surface area (Å²) in [4.78, 5) is 12.9. The lowest BCUT2D eigenvalue weighted by atomic mass is 10.2. The highest BCUT2D eigenvalue weighted by atomic mass is 35.5. The summed E-state index contributed by atoms with van der Waals surface area (Å²) in [6, 6.07) is 10.7. The molecule has 4 aromatic rings. The molecule has 3 heterocycles. The summed E-state index contributed by atoms with van der Waals surface area (Å²) in [5.74, 6) is 1.08. The first-order valence-electron chi connectivity index (χ1n) is 11.5. The summed E-state index contributed by atoms with van der Waals surface area (Å²) in [7, 11) is 0.538. The van der Waals surface area contributed by atoms with Gasteiger partial charge in [0.25, 0.3) is 0 Å². The Morgan fingerprint density at radius 3 is 2.18 bits per heavy atom. The minimum Gasteiger partial charge on any atom is -0.494 e. The van der Waals surface area contributed by atoms with Crippen LogP contribution in [0.2, 0.25) is 5.02 Å². The second-order valence-electron chi connectivity index (χ2n) is 8.38. The van der Waals surface area contributed by atoms with Gasteiger partial charge in [-0.25, -0.2) is 23.4 Å². The fourth-order valence-corrected chi connectivity index (χ4v) is 5.52. The Kier molecular flexibility index (Phi) is 8.24. The fraction of sp³-hybridized carbons (Fsp3) is 0.320. The molecular weight excluding hydrogens is 532 g/mol. The van der Waals surface area contributed by atoms with Crippen molar-refractivity contribution < 1.29 is 22.6 Å². The van der Waals surface area contributed by atoms with Crippen molar-refractivity contribution in [1.82, 2.24) is 29.7 Å². The molecule has 0 spiro atoms. The normalized spacial score (nSPS) is 13.2. The number of para-hydroxylation sites is 1. The molecule has 1 aromatic carbocycles. The van der Waals surface area contributed by atoms with Crippen LogP contribution in [0.15, 0.2) is 48.8 Å². The third kappa shape index (κ3) is 5.47. The third-order valence-corrected chi connectivity index (χ3v) is 8.18. The van der Waals surface area contributed by atoms with Gasteiger partial charge in [0.1, 0.15) is 34.7 Å². The standard InChI is InChI=1S/C25H27ClN6O5S/c1-15-8-6-9-18(29-15)25-31-30-21(32(25)22-19(35-3)10-7-11-20(22)36-4)14-38(33,34)16(2)23(37-5)24-27-12-17(26)13-28-24/h6-13,16,23H,14H2,1-5H3/t16-,23+/m1/s1. The van der Waals surface area contributed by atoms with E-state index in [0.29, 0.717) is 33.7 Å². The van der Waals surface area contributed by atoms with Gasteiger partial charge in [0.15, 0.2) is 27.3 Å². The lowest BCUT2D eigenvalue weighted by Gasteiger charge is -2.22. The second-order valence-corrected chi connectivity index (χ2v) is 11.2. The molecule has 0 bridgehead atoms. The first-order valence-corrected chi connectivity index (χ1v) is 13.6. The first-order chi connectivity index (χ1) is 18.2. The minimum absolute atomic E-state index is 0.143. The molecule has 38 heavy (non-hydrogen) atoms. The van der Waals surface area contributed by atoms with E-state index >= 15 is 0 Å². The Bertz CT molecular complexity index is 1510. The topological polar surface area (TPSA) is 131 Å². The van der Waals surface area contributed by atoms with Crippen LogP contribution in [-0.2, 0) is 20.3 Å². The number of halogens is 1. The lowest BCUT2D eigenvalue weighted by Crippen LogP contribution is -2.30. The quantitative estimate of drug-likeness (QED) is 0.283. The van der Waals surface area contributed by atoms with E-state index < -0.39 is 26.9 Å². The average Bonchev–Trinajstić information content (AvgIpc) is 3.31. The van der Waals surface area contributed by atoms with Crippen molar-refractivity contribution in [3.8, 4) is 28.7 Å². The van der Waals surface area contributed by atoms with Gasteiger partial charge in [-0.05, 0) is 38.1 Å². The number of sulfone groups is 1. The van der Waals surface area contributed by atoms with E-state index in [1.165, 1.54) is 40.6 Å². The molecule has 0 N–H and O–H groups in total. The van der Waals surface area contributed by atoms with E-state index in [1.54, 1.807) is 28.8 Å². The Balaban J connectivity index is 1.84. The van der Waals surface area contributed by atoms with Crippen LogP contribution in [0, 0.1) is 6.92 Å². The molecule has 0 aliphatic rings. The molecule has 2 atom stereocenters. The van der Waals surface area contributed by atoms with Crippen molar-refractivity contribution in [1.29, 1.82) is 0 Å². The van der Waals surface area contributed by atoms with Crippen molar-refractivity contribution in [2.24, 2.45) is 0 Å². The lowest BCUT2D eigenvalue weighted by molar-refractivity contribution is 0.0948.